The Kier molecular flexibility index (Phi) is 3.59. The third kappa shape index (κ3) is 2.73. The molecule has 1 aromatic heterocycles. The van der Waals surface area contributed by atoms with Crippen LogP contribution in [0.2, 0.25) is 5.02 Å². The van der Waals surface area contributed by atoms with E-state index in [4.69, 9.17) is 17.3 Å². The Morgan fingerprint density at radius 2 is 2.14 bits per heavy atom. The Balaban J connectivity index is 1.95. The number of nitrogens with two attached hydrogens (primary N) is 1. The molecule has 1 heterocycles. The van der Waals surface area contributed by atoms with Gasteiger partial charge in [-0.1, -0.05) is 11.6 Å². The number of rotatable bonds is 3. The van der Waals surface area contributed by atoms with Crippen LogP contribution in [-0.4, -0.2) is 13.4 Å². The highest BCUT2D eigenvalue weighted by molar-refractivity contribution is 7.93. The van der Waals surface area contributed by atoms with Gasteiger partial charge in [0.1, 0.15) is 4.90 Å². The highest BCUT2D eigenvalue weighted by Gasteiger charge is 2.23. The normalized spacial score (nSPS) is 14.2. The molecule has 0 bridgehead atoms. The molecule has 0 unspecified atom stereocenters. The number of nitrogens with zero attached hydrogens (tertiary/aromatic N) is 1. The summed E-state index contributed by atoms with van der Waals surface area (Å²) in [5.74, 6) is 0. The first-order valence-electron chi connectivity index (χ1n) is 6.44. The van der Waals surface area contributed by atoms with Gasteiger partial charge in [-0.2, -0.15) is 0 Å². The summed E-state index contributed by atoms with van der Waals surface area (Å²) in [5, 5.41) is 0.535. The molecular formula is C13H14ClN3O2S2. The lowest BCUT2D eigenvalue weighted by Gasteiger charge is -2.09. The number of sulfonamides is 1. The second-order valence-electron chi connectivity index (χ2n) is 4.99. The van der Waals surface area contributed by atoms with Gasteiger partial charge in [-0.25, -0.2) is 13.4 Å². The van der Waals surface area contributed by atoms with Crippen molar-refractivity contribution in [3.63, 3.8) is 0 Å². The second-order valence-corrected chi connectivity index (χ2v) is 8.13. The zero-order valence-electron chi connectivity index (χ0n) is 11.3. The number of aryl methyl sites for hydroxylation is 3. The minimum absolute atomic E-state index is 0.0253. The van der Waals surface area contributed by atoms with E-state index in [0.717, 1.165) is 35.4 Å². The lowest BCUT2D eigenvalue weighted by Crippen LogP contribution is -2.14. The van der Waals surface area contributed by atoms with Gasteiger partial charge in [0.2, 0.25) is 0 Å². The second kappa shape index (κ2) is 5.15. The molecule has 0 aliphatic heterocycles. The van der Waals surface area contributed by atoms with E-state index in [-0.39, 0.29) is 9.92 Å². The van der Waals surface area contributed by atoms with Crippen molar-refractivity contribution in [2.75, 3.05) is 10.5 Å². The molecule has 0 saturated heterocycles. The zero-order valence-corrected chi connectivity index (χ0v) is 13.7. The van der Waals surface area contributed by atoms with Crippen LogP contribution in [0.1, 0.15) is 22.6 Å². The van der Waals surface area contributed by atoms with E-state index < -0.39 is 10.0 Å². The van der Waals surface area contributed by atoms with Crippen LogP contribution in [0.5, 0.6) is 0 Å². The summed E-state index contributed by atoms with van der Waals surface area (Å²) in [6.45, 7) is 1.77. The minimum atomic E-state index is -3.78. The van der Waals surface area contributed by atoms with Crippen LogP contribution in [-0.2, 0) is 22.9 Å². The Bertz CT molecular complexity index is 794. The summed E-state index contributed by atoms with van der Waals surface area (Å²) in [5.41, 5.74) is 7.90. The molecule has 0 fully saturated rings. The van der Waals surface area contributed by atoms with E-state index in [0.29, 0.717) is 10.8 Å². The number of nitrogen functional groups attached to an aromatic ring is 1. The minimum Gasteiger partial charge on any atom is -0.398 e. The average Bonchev–Trinajstić information content (AvgIpc) is 2.93. The fraction of sp³-hybridized carbons (Fsp3) is 0.308. The van der Waals surface area contributed by atoms with E-state index in [2.05, 4.69) is 9.71 Å². The van der Waals surface area contributed by atoms with Crippen molar-refractivity contribution in [1.82, 2.24) is 4.98 Å². The molecule has 1 aliphatic rings. The average molecular weight is 344 g/mol. The summed E-state index contributed by atoms with van der Waals surface area (Å²) in [6, 6.07) is 2.93. The standard InChI is InChI=1S/C13H14ClN3O2S2/c1-7-5-8(14)12(6-9(7)15)21(18,19)17-13-16-10-3-2-4-11(10)20-13/h5-6H,2-4,15H2,1H3,(H,16,17). The smallest absolute Gasteiger partial charge is 0.265 e. The molecule has 5 nitrogen and oxygen atoms in total. The molecule has 3 rings (SSSR count). The van der Waals surface area contributed by atoms with Crippen LogP contribution in [0.4, 0.5) is 10.8 Å². The Morgan fingerprint density at radius 3 is 2.86 bits per heavy atom. The first-order valence-corrected chi connectivity index (χ1v) is 9.11. The fourth-order valence-electron chi connectivity index (χ4n) is 2.28. The first kappa shape index (κ1) is 14.6. The first-order chi connectivity index (χ1) is 9.87. The van der Waals surface area contributed by atoms with Crippen LogP contribution in [0.15, 0.2) is 17.0 Å². The van der Waals surface area contributed by atoms with Crippen LogP contribution >= 0.6 is 22.9 Å². The van der Waals surface area contributed by atoms with Crippen molar-refractivity contribution in [2.24, 2.45) is 0 Å². The molecule has 1 aromatic carbocycles. The predicted molar refractivity (Wildman–Crippen MR) is 85.5 cm³/mol. The summed E-state index contributed by atoms with van der Waals surface area (Å²) in [6.07, 6.45) is 2.96. The van der Waals surface area contributed by atoms with Gasteiger partial charge < -0.3 is 5.73 Å². The molecule has 0 saturated carbocycles. The molecule has 3 N–H and O–H groups in total. The highest BCUT2D eigenvalue weighted by Crippen LogP contribution is 2.33. The Hall–Kier alpha value is -1.31. The summed E-state index contributed by atoms with van der Waals surface area (Å²) >= 11 is 7.42. The third-order valence-electron chi connectivity index (χ3n) is 3.43. The quantitative estimate of drug-likeness (QED) is 0.839. The maximum absolute atomic E-state index is 12.4. The molecule has 0 spiro atoms. The molecule has 0 atom stereocenters. The number of nitrogens with one attached hydrogen (secondary N) is 1. The van der Waals surface area contributed by atoms with Gasteiger partial charge in [0.05, 0.1) is 10.7 Å². The number of anilines is 2. The van der Waals surface area contributed by atoms with E-state index in [1.807, 2.05) is 0 Å². The lowest BCUT2D eigenvalue weighted by molar-refractivity contribution is 0.601. The molecule has 1 aliphatic carbocycles. The molecule has 0 amide bonds. The van der Waals surface area contributed by atoms with E-state index in [9.17, 15) is 8.42 Å². The highest BCUT2D eigenvalue weighted by atomic mass is 35.5. The summed E-state index contributed by atoms with van der Waals surface area (Å²) in [7, 11) is -3.78. The van der Waals surface area contributed by atoms with E-state index in [1.165, 1.54) is 17.4 Å². The van der Waals surface area contributed by atoms with Gasteiger partial charge >= 0.3 is 0 Å². The zero-order chi connectivity index (χ0) is 15.2. The summed E-state index contributed by atoms with van der Waals surface area (Å²) in [4.78, 5) is 5.45. The van der Waals surface area contributed by atoms with Gasteiger partial charge in [-0.3, -0.25) is 4.72 Å². The van der Waals surface area contributed by atoms with Crippen molar-refractivity contribution in [2.45, 2.75) is 31.1 Å². The molecule has 112 valence electrons. The van der Waals surface area contributed by atoms with E-state index in [1.54, 1.807) is 13.0 Å². The molecule has 21 heavy (non-hydrogen) atoms. The van der Waals surface area contributed by atoms with Crippen LogP contribution < -0.4 is 10.5 Å². The SMILES string of the molecule is Cc1cc(Cl)c(S(=O)(=O)Nc2nc3c(s2)CCC3)cc1N. The van der Waals surface area contributed by atoms with Gasteiger partial charge in [0.15, 0.2) is 5.13 Å². The Labute approximate surface area is 132 Å². The van der Waals surface area contributed by atoms with Gasteiger partial charge in [-0.15, -0.1) is 11.3 Å². The maximum Gasteiger partial charge on any atom is 0.265 e. The number of aromatic nitrogens is 1. The number of halogens is 1. The molecule has 8 heteroatoms. The van der Waals surface area contributed by atoms with Crippen molar-refractivity contribution >= 4 is 43.8 Å². The van der Waals surface area contributed by atoms with Crippen molar-refractivity contribution in [1.29, 1.82) is 0 Å². The third-order valence-corrected chi connectivity index (χ3v) is 6.43. The number of hydrogen-bond donors (Lipinski definition) is 2. The molecular weight excluding hydrogens is 330 g/mol. The Morgan fingerprint density at radius 1 is 1.38 bits per heavy atom. The predicted octanol–water partition coefficient (Wildman–Crippen LogP) is 2.98. The van der Waals surface area contributed by atoms with E-state index >= 15 is 0 Å². The van der Waals surface area contributed by atoms with Gasteiger partial charge in [0, 0.05) is 10.6 Å². The molecule has 0 radical (unpaired) electrons. The topological polar surface area (TPSA) is 85.1 Å². The molecule has 2 aromatic rings. The van der Waals surface area contributed by atoms with Crippen LogP contribution in [0.25, 0.3) is 0 Å². The fourth-order valence-corrected chi connectivity index (χ4v) is 5.18. The van der Waals surface area contributed by atoms with Crippen LogP contribution in [0, 0.1) is 6.92 Å². The van der Waals surface area contributed by atoms with Gasteiger partial charge in [0.25, 0.3) is 10.0 Å². The van der Waals surface area contributed by atoms with Crippen molar-refractivity contribution in [3.8, 4) is 0 Å². The van der Waals surface area contributed by atoms with Crippen molar-refractivity contribution < 1.29 is 8.42 Å². The maximum atomic E-state index is 12.4. The lowest BCUT2D eigenvalue weighted by atomic mass is 10.2. The number of benzene rings is 1. The van der Waals surface area contributed by atoms with Gasteiger partial charge in [-0.05, 0) is 43.9 Å². The number of hydrogen-bond acceptors (Lipinski definition) is 5. The summed E-state index contributed by atoms with van der Waals surface area (Å²) < 4.78 is 27.3. The largest absolute Gasteiger partial charge is 0.398 e. The monoisotopic (exact) mass is 343 g/mol. The van der Waals surface area contributed by atoms with Crippen molar-refractivity contribution in [3.05, 3.63) is 33.3 Å². The van der Waals surface area contributed by atoms with Crippen LogP contribution in [0.3, 0.4) is 0 Å². The number of thiazole rings is 1. The number of fused-ring (bicyclic) bond motifs is 1.